The van der Waals surface area contributed by atoms with Crippen LogP contribution in [0.3, 0.4) is 0 Å². The second-order valence-electron chi connectivity index (χ2n) is 11.2. The van der Waals surface area contributed by atoms with Crippen LogP contribution in [0.4, 0.5) is 18.0 Å². The van der Waals surface area contributed by atoms with Crippen LogP contribution in [0.1, 0.15) is 55.2 Å². The summed E-state index contributed by atoms with van der Waals surface area (Å²) >= 11 is 0. The van der Waals surface area contributed by atoms with Gasteiger partial charge in [0.15, 0.2) is 0 Å². The Labute approximate surface area is 279 Å². The fraction of sp³-hybridized carbons (Fsp3) is 0.412. The van der Waals surface area contributed by atoms with Gasteiger partial charge in [0.25, 0.3) is 0 Å². The molecule has 14 heteroatoms. The molecule has 0 bridgehead atoms. The fourth-order valence-electron chi connectivity index (χ4n) is 5.47. The maximum Gasteiger partial charge on any atom is 0.408 e. The summed E-state index contributed by atoms with van der Waals surface area (Å²) in [6, 6.07) is 17.8. The zero-order valence-corrected chi connectivity index (χ0v) is 27.6. The number of carbonyl (C=O) groups excluding carboxylic acids is 2. The van der Waals surface area contributed by atoms with Gasteiger partial charge >= 0.3 is 12.3 Å². The quantitative estimate of drug-likeness (QED) is 0.160. The zero-order chi connectivity index (χ0) is 35.3. The molecule has 0 saturated carbocycles. The topological polar surface area (TPSA) is 145 Å². The van der Waals surface area contributed by atoms with E-state index in [1.807, 2.05) is 0 Å². The highest BCUT2D eigenvalue weighted by molar-refractivity contribution is 7.89. The summed E-state index contributed by atoms with van der Waals surface area (Å²) in [5.41, 5.74) is 1.63. The summed E-state index contributed by atoms with van der Waals surface area (Å²) < 4.78 is 75.9. The lowest BCUT2D eigenvalue weighted by molar-refractivity contribution is -0.164. The Morgan fingerprint density at radius 2 is 1.44 bits per heavy atom. The minimum atomic E-state index is -4.89. The molecule has 262 valence electrons. The first-order valence-electron chi connectivity index (χ1n) is 15.5. The van der Waals surface area contributed by atoms with Crippen LogP contribution in [-0.2, 0) is 26.2 Å². The number of alkyl carbamates (subject to hydrolysis) is 1. The highest BCUT2D eigenvalue weighted by Crippen LogP contribution is 2.31. The fourth-order valence-corrected chi connectivity index (χ4v) is 7.21. The van der Waals surface area contributed by atoms with Crippen molar-refractivity contribution in [1.82, 2.24) is 14.9 Å². The molecule has 0 aromatic heterocycles. The number of halogens is 3. The van der Waals surface area contributed by atoms with Crippen LogP contribution in [0.2, 0.25) is 0 Å². The number of aliphatic hydroxyl groups excluding tert-OH is 2. The second kappa shape index (κ2) is 18.0. The Kier molecular flexibility index (Phi) is 14.4. The van der Waals surface area contributed by atoms with Crippen LogP contribution in [0.25, 0.3) is 0 Å². The van der Waals surface area contributed by atoms with Crippen molar-refractivity contribution in [1.29, 1.82) is 0 Å². The molecule has 48 heavy (non-hydrogen) atoms. The molecule has 3 rings (SSSR count). The van der Waals surface area contributed by atoms with Gasteiger partial charge in [-0.1, -0.05) is 79.7 Å². The number of benzene rings is 3. The van der Waals surface area contributed by atoms with E-state index >= 15 is 0 Å². The Morgan fingerprint density at radius 1 is 0.875 bits per heavy atom. The Hall–Kier alpha value is -3.98. The van der Waals surface area contributed by atoms with Crippen LogP contribution in [-0.4, -0.2) is 79.5 Å². The number of hydrogen-bond donors (Lipinski definition) is 4. The number of ether oxygens (including phenoxy) is 1. The third kappa shape index (κ3) is 10.3. The number of hydrogen-bond acceptors (Lipinski definition) is 7. The number of methoxy groups -OCH3 is 1. The van der Waals surface area contributed by atoms with E-state index in [9.17, 15) is 41.4 Å². The highest BCUT2D eigenvalue weighted by atomic mass is 32.2. The summed E-state index contributed by atoms with van der Waals surface area (Å²) in [5, 5.41) is 23.9. The Balaban J connectivity index is 1.85. The molecule has 0 saturated heterocycles. The van der Waals surface area contributed by atoms with Gasteiger partial charge in [-0.3, -0.25) is 4.79 Å². The molecule has 4 N–H and O–H groups in total. The molecule has 0 radical (unpaired) electrons. The van der Waals surface area contributed by atoms with Crippen molar-refractivity contribution in [3.8, 4) is 0 Å². The van der Waals surface area contributed by atoms with Gasteiger partial charge in [-0.2, -0.15) is 17.5 Å². The molecule has 0 fully saturated rings. The number of nitrogens with one attached hydrogen (secondary N) is 2. The number of carbonyl (C=O) groups is 2. The average molecular weight is 694 g/mol. The molecule has 3 atom stereocenters. The van der Waals surface area contributed by atoms with E-state index in [0.29, 0.717) is 23.1 Å². The molecule has 0 unspecified atom stereocenters. The van der Waals surface area contributed by atoms with Gasteiger partial charge in [-0.15, -0.1) is 0 Å². The molecule has 0 spiro atoms. The third-order valence-corrected chi connectivity index (χ3v) is 9.87. The van der Waals surface area contributed by atoms with Crippen molar-refractivity contribution >= 4 is 22.0 Å². The molecule has 0 aliphatic rings. The molecule has 10 nitrogen and oxygen atoms in total. The normalized spacial score (nSPS) is 13.9. The number of rotatable bonds is 17. The first-order valence-corrected chi connectivity index (χ1v) is 16.9. The van der Waals surface area contributed by atoms with Crippen molar-refractivity contribution < 1.29 is 46.1 Å². The van der Waals surface area contributed by atoms with Gasteiger partial charge in [0.2, 0.25) is 15.9 Å². The van der Waals surface area contributed by atoms with Crippen LogP contribution in [0, 0.1) is 0 Å². The van der Waals surface area contributed by atoms with Gasteiger partial charge < -0.3 is 25.6 Å². The number of amides is 2. The lowest BCUT2D eigenvalue weighted by Gasteiger charge is -2.31. The average Bonchev–Trinajstić information content (AvgIpc) is 3.08. The van der Waals surface area contributed by atoms with Crippen LogP contribution in [0.15, 0.2) is 89.8 Å². The van der Waals surface area contributed by atoms with E-state index in [-0.39, 0.29) is 30.9 Å². The molecular formula is C34H42F3N3O7S. The zero-order valence-electron chi connectivity index (χ0n) is 26.8. The molecule has 2 amide bonds. The highest BCUT2D eigenvalue weighted by Gasteiger charge is 2.43. The lowest BCUT2D eigenvalue weighted by atomic mass is 9.84. The first kappa shape index (κ1) is 38.5. The maximum absolute atomic E-state index is 14.4. The van der Waals surface area contributed by atoms with E-state index in [0.717, 1.165) is 11.4 Å². The number of sulfonamides is 1. The predicted molar refractivity (Wildman–Crippen MR) is 173 cm³/mol. The largest absolute Gasteiger partial charge is 0.453 e. The van der Waals surface area contributed by atoms with E-state index in [1.54, 1.807) is 67.6 Å². The SMILES string of the molecule is CCCN([C@H](CO)CCC[C@@H](NC(=O)[C@@H](NC(=O)OC)C(c1ccccc1)c1ccccc1)C(F)(F)F)S(=O)(=O)c1ccc(CO)cc1. The number of nitrogens with zero attached hydrogens (tertiary/aromatic N) is 1. The van der Waals surface area contributed by atoms with Gasteiger partial charge in [0.1, 0.15) is 12.1 Å². The molecule has 0 aliphatic heterocycles. The summed E-state index contributed by atoms with van der Waals surface area (Å²) in [6.07, 6.45) is -6.48. The first-order chi connectivity index (χ1) is 22.9. The van der Waals surface area contributed by atoms with Crippen molar-refractivity contribution in [2.75, 3.05) is 20.3 Å². The van der Waals surface area contributed by atoms with E-state index in [1.165, 1.54) is 24.3 Å². The van der Waals surface area contributed by atoms with Gasteiger partial charge in [0.05, 0.1) is 25.2 Å². The van der Waals surface area contributed by atoms with Crippen LogP contribution >= 0.6 is 0 Å². The molecule has 3 aromatic carbocycles. The van der Waals surface area contributed by atoms with Gasteiger partial charge in [-0.25, -0.2) is 13.2 Å². The third-order valence-electron chi connectivity index (χ3n) is 7.91. The molecule has 0 aliphatic carbocycles. The van der Waals surface area contributed by atoms with Gasteiger partial charge in [0, 0.05) is 18.5 Å². The molecular weight excluding hydrogens is 651 g/mol. The molecule has 3 aromatic rings. The predicted octanol–water partition coefficient (Wildman–Crippen LogP) is 4.71. The minimum absolute atomic E-state index is 0.00991. The van der Waals surface area contributed by atoms with E-state index in [4.69, 9.17) is 4.74 Å². The summed E-state index contributed by atoms with van der Waals surface area (Å²) in [4.78, 5) is 26.0. The monoisotopic (exact) mass is 693 g/mol. The van der Waals surface area contributed by atoms with Crippen molar-refractivity contribution in [3.63, 3.8) is 0 Å². The van der Waals surface area contributed by atoms with Crippen LogP contribution < -0.4 is 10.6 Å². The van der Waals surface area contributed by atoms with Gasteiger partial charge in [-0.05, 0) is 54.5 Å². The Morgan fingerprint density at radius 3 is 1.90 bits per heavy atom. The smallest absolute Gasteiger partial charge is 0.408 e. The molecule has 0 heterocycles. The maximum atomic E-state index is 14.4. The standard InChI is InChI=1S/C34H42F3N3O7S/c1-3-21-40(48(45,46)28-19-17-24(22-41)18-20-28)27(23-42)15-10-16-29(34(35,36)37)38-32(43)31(39-33(44)47-2)30(25-11-6-4-7-12-25)26-13-8-5-9-14-26/h4-9,11-14,17-20,27,29-31,41-42H,3,10,15-16,21-23H2,1-2H3,(H,38,43)(H,39,44)/t27-,29+,31-/m0/s1. The Bertz CT molecular complexity index is 1500. The van der Waals surface area contributed by atoms with E-state index in [2.05, 4.69) is 10.6 Å². The summed E-state index contributed by atoms with van der Waals surface area (Å²) in [7, 11) is -3.06. The van der Waals surface area contributed by atoms with Crippen molar-refractivity contribution in [3.05, 3.63) is 102 Å². The number of alkyl halides is 3. The minimum Gasteiger partial charge on any atom is -0.453 e. The second-order valence-corrected chi connectivity index (χ2v) is 13.1. The van der Waals surface area contributed by atoms with E-state index < -0.39 is 65.3 Å². The van der Waals surface area contributed by atoms with Crippen molar-refractivity contribution in [2.45, 2.75) is 74.3 Å². The number of aliphatic hydroxyl groups is 2. The van der Waals surface area contributed by atoms with Crippen molar-refractivity contribution in [2.24, 2.45) is 0 Å². The summed E-state index contributed by atoms with van der Waals surface area (Å²) in [5.74, 6) is -1.97. The lowest BCUT2D eigenvalue weighted by Crippen LogP contribution is -2.55. The van der Waals surface area contributed by atoms with Crippen LogP contribution in [0.5, 0.6) is 0 Å². The summed E-state index contributed by atoms with van der Waals surface area (Å²) in [6.45, 7) is 0.819.